The van der Waals surface area contributed by atoms with E-state index in [0.717, 1.165) is 41.8 Å². The summed E-state index contributed by atoms with van der Waals surface area (Å²) in [5.41, 5.74) is 2.73. The number of aldehydes is 1. The first-order chi connectivity index (χ1) is 6.69. The molecule has 0 aliphatic carbocycles. The summed E-state index contributed by atoms with van der Waals surface area (Å²) in [4.78, 5) is 10.7. The van der Waals surface area contributed by atoms with Crippen LogP contribution in [0.4, 0.5) is 0 Å². The van der Waals surface area contributed by atoms with Crippen molar-refractivity contribution in [3.8, 4) is 5.75 Å². The molecule has 0 N–H and O–H groups in total. The smallest absolute Gasteiger partial charge is 0.150 e. The van der Waals surface area contributed by atoms with E-state index in [4.69, 9.17) is 4.74 Å². The van der Waals surface area contributed by atoms with Crippen LogP contribution in [0.3, 0.4) is 0 Å². The third-order valence-corrected chi connectivity index (χ3v) is 2.15. The SMILES string of the molecule is CCCOc1cc(C)c(C=O)cc1C. The van der Waals surface area contributed by atoms with Crippen molar-refractivity contribution in [1.82, 2.24) is 0 Å². The summed E-state index contributed by atoms with van der Waals surface area (Å²) in [6.07, 6.45) is 1.87. The van der Waals surface area contributed by atoms with E-state index in [1.54, 1.807) is 0 Å². The van der Waals surface area contributed by atoms with E-state index >= 15 is 0 Å². The molecular weight excluding hydrogens is 176 g/mol. The summed E-state index contributed by atoms with van der Waals surface area (Å²) in [7, 11) is 0. The molecule has 0 saturated carbocycles. The van der Waals surface area contributed by atoms with Crippen LogP contribution >= 0.6 is 0 Å². The molecule has 0 fully saturated rings. The van der Waals surface area contributed by atoms with Crippen LogP contribution in [0.1, 0.15) is 34.8 Å². The summed E-state index contributed by atoms with van der Waals surface area (Å²) >= 11 is 0. The van der Waals surface area contributed by atoms with Crippen LogP contribution in [0.5, 0.6) is 5.75 Å². The quantitative estimate of drug-likeness (QED) is 0.686. The number of ether oxygens (including phenoxy) is 1. The van der Waals surface area contributed by atoms with Gasteiger partial charge in [0.1, 0.15) is 12.0 Å². The summed E-state index contributed by atoms with van der Waals surface area (Å²) in [6, 6.07) is 3.79. The summed E-state index contributed by atoms with van der Waals surface area (Å²) in [5, 5.41) is 0. The standard InChI is InChI=1S/C12H16O2/c1-4-5-14-12-7-9(2)11(8-13)6-10(12)3/h6-8H,4-5H2,1-3H3. The van der Waals surface area contributed by atoms with Crippen LogP contribution in [-0.2, 0) is 0 Å². The van der Waals surface area contributed by atoms with Gasteiger partial charge in [0.15, 0.2) is 0 Å². The average molecular weight is 192 g/mol. The van der Waals surface area contributed by atoms with Gasteiger partial charge in [-0.1, -0.05) is 6.92 Å². The summed E-state index contributed by atoms with van der Waals surface area (Å²) in [5.74, 6) is 0.884. The highest BCUT2D eigenvalue weighted by atomic mass is 16.5. The van der Waals surface area contributed by atoms with E-state index in [9.17, 15) is 4.79 Å². The van der Waals surface area contributed by atoms with Crippen molar-refractivity contribution in [2.45, 2.75) is 27.2 Å². The maximum atomic E-state index is 10.7. The number of carbonyl (C=O) groups is 1. The highest BCUT2D eigenvalue weighted by Crippen LogP contribution is 2.21. The Hall–Kier alpha value is -1.31. The van der Waals surface area contributed by atoms with Crippen molar-refractivity contribution in [1.29, 1.82) is 0 Å². The Morgan fingerprint density at radius 1 is 1.29 bits per heavy atom. The minimum absolute atomic E-state index is 0.723. The normalized spacial score (nSPS) is 9.93. The van der Waals surface area contributed by atoms with Gasteiger partial charge in [0.25, 0.3) is 0 Å². The predicted octanol–water partition coefficient (Wildman–Crippen LogP) is 2.90. The molecule has 2 heteroatoms. The Kier molecular flexibility index (Phi) is 3.69. The van der Waals surface area contributed by atoms with Crippen molar-refractivity contribution in [2.75, 3.05) is 6.61 Å². The topological polar surface area (TPSA) is 26.3 Å². The number of benzene rings is 1. The minimum atomic E-state index is 0.723. The molecule has 76 valence electrons. The number of rotatable bonds is 4. The molecular formula is C12H16O2. The van der Waals surface area contributed by atoms with Gasteiger partial charge in [-0.25, -0.2) is 0 Å². The highest BCUT2D eigenvalue weighted by molar-refractivity contribution is 5.78. The maximum Gasteiger partial charge on any atom is 0.150 e. The number of aryl methyl sites for hydroxylation is 2. The van der Waals surface area contributed by atoms with E-state index in [1.165, 1.54) is 0 Å². The van der Waals surface area contributed by atoms with E-state index in [0.29, 0.717) is 0 Å². The molecule has 1 rings (SSSR count). The second-order valence-electron chi connectivity index (χ2n) is 3.44. The van der Waals surface area contributed by atoms with Crippen LogP contribution in [0, 0.1) is 13.8 Å². The fourth-order valence-electron chi connectivity index (χ4n) is 1.31. The molecule has 0 aliphatic heterocycles. The molecule has 0 spiro atoms. The molecule has 0 saturated heterocycles. The van der Waals surface area contributed by atoms with Gasteiger partial charge in [-0.05, 0) is 43.5 Å². The Bertz CT molecular complexity index is 329. The summed E-state index contributed by atoms with van der Waals surface area (Å²) < 4.78 is 5.55. The van der Waals surface area contributed by atoms with Gasteiger partial charge in [0.2, 0.25) is 0 Å². The van der Waals surface area contributed by atoms with Crippen molar-refractivity contribution >= 4 is 6.29 Å². The molecule has 0 bridgehead atoms. The van der Waals surface area contributed by atoms with Crippen LogP contribution in [0.25, 0.3) is 0 Å². The van der Waals surface area contributed by atoms with E-state index in [-0.39, 0.29) is 0 Å². The van der Waals surface area contributed by atoms with Crippen molar-refractivity contribution in [3.63, 3.8) is 0 Å². The minimum Gasteiger partial charge on any atom is -0.493 e. The van der Waals surface area contributed by atoms with Crippen LogP contribution in [0.2, 0.25) is 0 Å². The van der Waals surface area contributed by atoms with Gasteiger partial charge in [0.05, 0.1) is 6.61 Å². The fraction of sp³-hybridized carbons (Fsp3) is 0.417. The Morgan fingerprint density at radius 3 is 2.57 bits per heavy atom. The Balaban J connectivity index is 2.96. The molecule has 1 aromatic rings. The van der Waals surface area contributed by atoms with E-state index in [1.807, 2.05) is 26.0 Å². The Morgan fingerprint density at radius 2 is 2.00 bits per heavy atom. The monoisotopic (exact) mass is 192 g/mol. The van der Waals surface area contributed by atoms with Gasteiger partial charge < -0.3 is 4.74 Å². The average Bonchev–Trinajstić information content (AvgIpc) is 2.18. The molecule has 0 atom stereocenters. The zero-order chi connectivity index (χ0) is 10.6. The van der Waals surface area contributed by atoms with Gasteiger partial charge in [-0.15, -0.1) is 0 Å². The lowest BCUT2D eigenvalue weighted by atomic mass is 10.1. The molecule has 1 aromatic carbocycles. The number of carbonyl (C=O) groups excluding carboxylic acids is 1. The van der Waals surface area contributed by atoms with Gasteiger partial charge >= 0.3 is 0 Å². The zero-order valence-corrected chi connectivity index (χ0v) is 8.96. The lowest BCUT2D eigenvalue weighted by molar-refractivity contribution is 0.112. The van der Waals surface area contributed by atoms with Crippen LogP contribution in [-0.4, -0.2) is 12.9 Å². The second-order valence-corrected chi connectivity index (χ2v) is 3.44. The second kappa shape index (κ2) is 4.80. The molecule has 0 unspecified atom stereocenters. The van der Waals surface area contributed by atoms with Crippen LogP contribution in [0.15, 0.2) is 12.1 Å². The first kappa shape index (κ1) is 10.8. The molecule has 0 heterocycles. The first-order valence-electron chi connectivity index (χ1n) is 4.88. The van der Waals surface area contributed by atoms with Crippen molar-refractivity contribution < 1.29 is 9.53 Å². The van der Waals surface area contributed by atoms with Crippen LogP contribution < -0.4 is 4.74 Å². The number of hydrogen-bond donors (Lipinski definition) is 0. The molecule has 0 aliphatic rings. The van der Waals surface area contributed by atoms with Gasteiger partial charge in [-0.3, -0.25) is 4.79 Å². The molecule has 2 nitrogen and oxygen atoms in total. The lowest BCUT2D eigenvalue weighted by Gasteiger charge is -2.10. The molecule has 0 radical (unpaired) electrons. The zero-order valence-electron chi connectivity index (χ0n) is 8.96. The molecule has 14 heavy (non-hydrogen) atoms. The largest absolute Gasteiger partial charge is 0.493 e. The highest BCUT2D eigenvalue weighted by Gasteiger charge is 2.04. The summed E-state index contributed by atoms with van der Waals surface area (Å²) in [6.45, 7) is 6.67. The van der Waals surface area contributed by atoms with Gasteiger partial charge in [0, 0.05) is 5.56 Å². The van der Waals surface area contributed by atoms with Gasteiger partial charge in [-0.2, -0.15) is 0 Å². The third-order valence-electron chi connectivity index (χ3n) is 2.15. The maximum absolute atomic E-state index is 10.7. The molecule has 0 amide bonds. The first-order valence-corrected chi connectivity index (χ1v) is 4.88. The predicted molar refractivity (Wildman–Crippen MR) is 57.1 cm³/mol. The Labute approximate surface area is 84.9 Å². The number of hydrogen-bond acceptors (Lipinski definition) is 2. The fourth-order valence-corrected chi connectivity index (χ4v) is 1.31. The van der Waals surface area contributed by atoms with Crippen molar-refractivity contribution in [3.05, 3.63) is 28.8 Å². The third kappa shape index (κ3) is 2.34. The lowest BCUT2D eigenvalue weighted by Crippen LogP contribution is -1.99. The molecule has 0 aromatic heterocycles. The van der Waals surface area contributed by atoms with Crippen molar-refractivity contribution in [2.24, 2.45) is 0 Å². The van der Waals surface area contributed by atoms with E-state index < -0.39 is 0 Å². The van der Waals surface area contributed by atoms with E-state index in [2.05, 4.69) is 6.92 Å².